The second-order valence-corrected chi connectivity index (χ2v) is 8.52. The maximum Gasteiger partial charge on any atom is 0.329 e. The van der Waals surface area contributed by atoms with Crippen LogP contribution in [0.15, 0.2) is 41.5 Å². The van der Waals surface area contributed by atoms with Gasteiger partial charge in [-0.3, -0.25) is 14.4 Å². The summed E-state index contributed by atoms with van der Waals surface area (Å²) in [5.74, 6) is -1.14. The number of aryl methyl sites for hydroxylation is 2. The average Bonchev–Trinajstić information content (AvgIpc) is 2.85. The average molecular weight is 513 g/mol. The maximum atomic E-state index is 12.4. The van der Waals surface area contributed by atoms with Crippen molar-refractivity contribution in [3.63, 3.8) is 0 Å². The lowest BCUT2D eigenvalue weighted by atomic mass is 10.1. The standard InChI is InChI=1S/C27H36N4O6/c1-6-35-24-15-21(16-29-31-27(34)26(33)28-12-7-13-36-18(2)3)10-11-23(24)37-17-25(32)30-22-14-19(4)8-9-20(22)5/h8-11,14-16,18H,6-7,12-13,17H2,1-5H3,(H,28,33)(H,30,32)(H,31,34)/b29-16-. The van der Waals surface area contributed by atoms with Gasteiger partial charge in [0.05, 0.1) is 18.9 Å². The van der Waals surface area contributed by atoms with Crippen LogP contribution in [0.3, 0.4) is 0 Å². The van der Waals surface area contributed by atoms with Crippen LogP contribution in [0.2, 0.25) is 0 Å². The van der Waals surface area contributed by atoms with Gasteiger partial charge in [-0.1, -0.05) is 12.1 Å². The van der Waals surface area contributed by atoms with E-state index in [0.717, 1.165) is 16.8 Å². The molecule has 3 amide bonds. The molecule has 2 aromatic rings. The van der Waals surface area contributed by atoms with Crippen molar-refractivity contribution in [2.24, 2.45) is 5.10 Å². The minimum atomic E-state index is -0.874. The van der Waals surface area contributed by atoms with E-state index in [-0.39, 0.29) is 18.6 Å². The molecular weight excluding hydrogens is 476 g/mol. The van der Waals surface area contributed by atoms with Gasteiger partial charge < -0.3 is 24.8 Å². The first-order valence-electron chi connectivity index (χ1n) is 12.2. The summed E-state index contributed by atoms with van der Waals surface area (Å²) in [7, 11) is 0. The summed E-state index contributed by atoms with van der Waals surface area (Å²) in [5, 5.41) is 9.19. The van der Waals surface area contributed by atoms with Gasteiger partial charge in [0, 0.05) is 18.8 Å². The van der Waals surface area contributed by atoms with Gasteiger partial charge in [-0.05, 0) is 82.0 Å². The van der Waals surface area contributed by atoms with Crippen LogP contribution in [-0.2, 0) is 19.1 Å². The number of nitrogens with one attached hydrogen (secondary N) is 3. The van der Waals surface area contributed by atoms with Gasteiger partial charge in [-0.15, -0.1) is 0 Å². The lowest BCUT2D eigenvalue weighted by Gasteiger charge is -2.13. The van der Waals surface area contributed by atoms with Crippen molar-refractivity contribution < 1.29 is 28.6 Å². The van der Waals surface area contributed by atoms with Crippen LogP contribution in [0.5, 0.6) is 11.5 Å². The number of nitrogens with zero attached hydrogens (tertiary/aromatic N) is 1. The second kappa shape index (κ2) is 15.2. The number of amides is 3. The molecule has 0 spiro atoms. The van der Waals surface area contributed by atoms with Gasteiger partial charge in [-0.2, -0.15) is 5.10 Å². The number of rotatable bonds is 13. The Kier molecular flexibility index (Phi) is 12.1. The van der Waals surface area contributed by atoms with Crippen LogP contribution in [0, 0.1) is 13.8 Å². The summed E-state index contributed by atoms with van der Waals surface area (Å²) in [6, 6.07) is 10.8. The largest absolute Gasteiger partial charge is 0.490 e. The van der Waals surface area contributed by atoms with Crippen molar-refractivity contribution in [3.05, 3.63) is 53.1 Å². The van der Waals surface area contributed by atoms with Crippen molar-refractivity contribution in [3.8, 4) is 11.5 Å². The summed E-state index contributed by atoms with van der Waals surface area (Å²) in [6.45, 7) is 10.6. The molecule has 0 bridgehead atoms. The predicted octanol–water partition coefficient (Wildman–Crippen LogP) is 3.10. The van der Waals surface area contributed by atoms with E-state index in [1.807, 2.05) is 52.8 Å². The quantitative estimate of drug-likeness (QED) is 0.164. The topological polar surface area (TPSA) is 127 Å². The van der Waals surface area contributed by atoms with E-state index in [4.69, 9.17) is 14.2 Å². The Morgan fingerprint density at radius 2 is 1.78 bits per heavy atom. The molecule has 37 heavy (non-hydrogen) atoms. The molecule has 0 aliphatic rings. The first kappa shape index (κ1) is 29.3. The van der Waals surface area contributed by atoms with E-state index < -0.39 is 11.8 Å². The van der Waals surface area contributed by atoms with E-state index in [9.17, 15) is 14.4 Å². The van der Waals surface area contributed by atoms with Crippen LogP contribution in [0.25, 0.3) is 0 Å². The van der Waals surface area contributed by atoms with Gasteiger partial charge in [0.25, 0.3) is 5.91 Å². The molecule has 0 aliphatic carbocycles. The normalized spacial score (nSPS) is 10.9. The zero-order chi connectivity index (χ0) is 27.2. The number of hydrogen-bond donors (Lipinski definition) is 3. The highest BCUT2D eigenvalue weighted by Gasteiger charge is 2.13. The summed E-state index contributed by atoms with van der Waals surface area (Å²) in [4.78, 5) is 36.1. The highest BCUT2D eigenvalue weighted by Crippen LogP contribution is 2.28. The summed E-state index contributed by atoms with van der Waals surface area (Å²) >= 11 is 0. The number of anilines is 1. The van der Waals surface area contributed by atoms with E-state index >= 15 is 0 Å². The van der Waals surface area contributed by atoms with Crippen molar-refractivity contribution in [1.29, 1.82) is 0 Å². The van der Waals surface area contributed by atoms with E-state index in [1.165, 1.54) is 6.21 Å². The van der Waals surface area contributed by atoms with Crippen LogP contribution >= 0.6 is 0 Å². The van der Waals surface area contributed by atoms with Crippen molar-refractivity contribution in [1.82, 2.24) is 10.7 Å². The Labute approximate surface area is 217 Å². The number of carbonyl (C=O) groups is 3. The van der Waals surface area contributed by atoms with E-state index in [2.05, 4.69) is 21.2 Å². The Balaban J connectivity index is 1.88. The first-order valence-corrected chi connectivity index (χ1v) is 12.2. The SMILES string of the molecule is CCOc1cc(/C=N\NC(=O)C(=O)NCCCOC(C)C)ccc1OCC(=O)Nc1cc(C)ccc1C. The van der Waals surface area contributed by atoms with Gasteiger partial charge in [-0.25, -0.2) is 5.43 Å². The third kappa shape index (κ3) is 10.7. The third-order valence-corrected chi connectivity index (χ3v) is 4.94. The monoisotopic (exact) mass is 512 g/mol. The van der Waals surface area contributed by atoms with Crippen LogP contribution in [0.1, 0.15) is 43.9 Å². The molecule has 0 atom stereocenters. The number of hydrazone groups is 1. The molecule has 0 saturated heterocycles. The van der Waals surface area contributed by atoms with E-state index in [1.54, 1.807) is 18.2 Å². The van der Waals surface area contributed by atoms with Gasteiger partial charge >= 0.3 is 11.8 Å². The Bertz CT molecular complexity index is 1100. The molecule has 10 heteroatoms. The first-order chi connectivity index (χ1) is 17.7. The predicted molar refractivity (Wildman–Crippen MR) is 142 cm³/mol. The van der Waals surface area contributed by atoms with Crippen LogP contribution < -0.4 is 25.5 Å². The summed E-state index contributed by atoms with van der Waals surface area (Å²) in [6.07, 6.45) is 2.09. The van der Waals surface area contributed by atoms with Crippen LogP contribution in [0.4, 0.5) is 5.69 Å². The Morgan fingerprint density at radius 1 is 1.00 bits per heavy atom. The molecule has 200 valence electrons. The van der Waals surface area contributed by atoms with Crippen molar-refractivity contribution in [2.45, 2.75) is 47.1 Å². The molecular formula is C27H36N4O6. The second-order valence-electron chi connectivity index (χ2n) is 8.52. The number of benzene rings is 2. The highest BCUT2D eigenvalue weighted by molar-refractivity contribution is 6.35. The Hall–Kier alpha value is -3.92. The molecule has 0 fully saturated rings. The van der Waals surface area contributed by atoms with Crippen LogP contribution in [-0.4, -0.2) is 56.4 Å². The summed E-state index contributed by atoms with van der Waals surface area (Å²) < 4.78 is 16.7. The molecule has 0 aliphatic heterocycles. The summed E-state index contributed by atoms with van der Waals surface area (Å²) in [5.41, 5.74) is 5.53. The zero-order valence-electron chi connectivity index (χ0n) is 22.1. The van der Waals surface area contributed by atoms with Gasteiger partial charge in [0.2, 0.25) is 0 Å². The molecule has 0 radical (unpaired) electrons. The lowest BCUT2D eigenvalue weighted by molar-refractivity contribution is -0.139. The minimum absolute atomic E-state index is 0.116. The maximum absolute atomic E-state index is 12.4. The molecule has 0 aromatic heterocycles. The van der Waals surface area contributed by atoms with Crippen molar-refractivity contribution in [2.75, 3.05) is 31.7 Å². The Morgan fingerprint density at radius 3 is 2.51 bits per heavy atom. The van der Waals surface area contributed by atoms with Gasteiger partial charge in [0.1, 0.15) is 0 Å². The highest BCUT2D eigenvalue weighted by atomic mass is 16.5. The molecule has 10 nitrogen and oxygen atoms in total. The number of carbonyl (C=O) groups excluding carboxylic acids is 3. The van der Waals surface area contributed by atoms with E-state index in [0.29, 0.717) is 43.2 Å². The fourth-order valence-electron chi connectivity index (χ4n) is 3.08. The van der Waals surface area contributed by atoms with Crippen molar-refractivity contribution >= 4 is 29.6 Å². The number of hydrogen-bond acceptors (Lipinski definition) is 7. The molecule has 3 N–H and O–H groups in total. The molecule has 2 aromatic carbocycles. The third-order valence-electron chi connectivity index (χ3n) is 4.94. The zero-order valence-corrected chi connectivity index (χ0v) is 22.1. The molecule has 2 rings (SSSR count). The smallest absolute Gasteiger partial charge is 0.329 e. The number of ether oxygens (including phenoxy) is 3. The fourth-order valence-corrected chi connectivity index (χ4v) is 3.08. The van der Waals surface area contributed by atoms with Gasteiger partial charge in [0.15, 0.2) is 18.1 Å². The molecule has 0 unspecified atom stereocenters. The molecule has 0 heterocycles. The minimum Gasteiger partial charge on any atom is -0.490 e. The molecule has 0 saturated carbocycles. The fraction of sp³-hybridized carbons (Fsp3) is 0.407. The lowest BCUT2D eigenvalue weighted by Crippen LogP contribution is -2.38.